The average Bonchev–Trinajstić information content (AvgIpc) is 3.13. The smallest absolute Gasteiger partial charge is 0.457 e. The van der Waals surface area contributed by atoms with Crippen molar-refractivity contribution in [2.24, 2.45) is 0 Å². The summed E-state index contributed by atoms with van der Waals surface area (Å²) in [6, 6.07) is 0. The molecule has 0 rings (SSSR count). The predicted molar refractivity (Wildman–Crippen MR) is 233 cm³/mol. The maximum absolute atomic E-state index is 12.6. The zero-order valence-electron chi connectivity index (χ0n) is 36.7. The minimum atomic E-state index is -4.27. The number of carbonyl (C=O) groups excluding carboxylic acids is 1. The van der Waals surface area contributed by atoms with Gasteiger partial charge in [-0.25, -0.2) is 4.57 Å². The molecule has 55 heavy (non-hydrogen) atoms. The average molecular weight is 799 g/mol. The van der Waals surface area contributed by atoms with Gasteiger partial charge in [-0.05, 0) is 51.4 Å². The minimum absolute atomic E-state index is 0.0880. The van der Waals surface area contributed by atoms with Crippen molar-refractivity contribution in [2.45, 2.75) is 200 Å². The molecule has 2 atom stereocenters. The molecule has 8 nitrogen and oxygen atoms in total. The highest BCUT2D eigenvalue weighted by atomic mass is 31.2. The van der Waals surface area contributed by atoms with Crippen LogP contribution in [0.2, 0.25) is 0 Å². The first kappa shape index (κ1) is 53.7. The molecule has 0 fully saturated rings. The van der Waals surface area contributed by atoms with Crippen LogP contribution in [0.5, 0.6) is 0 Å². The summed E-state index contributed by atoms with van der Waals surface area (Å²) < 4.78 is 34.9. The van der Waals surface area contributed by atoms with Gasteiger partial charge >= 0.3 is 13.8 Å². The first-order valence-corrected chi connectivity index (χ1v) is 24.2. The van der Waals surface area contributed by atoms with Crippen LogP contribution in [0.3, 0.4) is 0 Å². The van der Waals surface area contributed by atoms with E-state index in [2.05, 4.69) is 50.3 Å². The molecule has 2 unspecified atom stereocenters. The van der Waals surface area contributed by atoms with Gasteiger partial charge in [0.25, 0.3) is 0 Å². The van der Waals surface area contributed by atoms with Gasteiger partial charge < -0.3 is 18.9 Å². The first-order chi connectivity index (χ1) is 26.6. The molecule has 9 heteroatoms. The summed E-state index contributed by atoms with van der Waals surface area (Å²) >= 11 is 0. The van der Waals surface area contributed by atoms with E-state index in [9.17, 15) is 14.3 Å². The number of allylic oxidation sites excluding steroid dienone is 6. The van der Waals surface area contributed by atoms with Gasteiger partial charge in [0.15, 0.2) is 0 Å². The van der Waals surface area contributed by atoms with E-state index in [0.717, 1.165) is 44.9 Å². The standard InChI is InChI=1S/C46H88NO7P/c1-6-8-10-12-14-16-17-18-19-20-21-22-23-24-25-26-27-28-29-30-32-34-36-38-41-51-43-45(44-53-55(49,50)52-42-40-47(3,4)5)54-46(48)39-37-35-33-31-15-13-11-9-7-2/h17-18,20-21,23-24,45H,6-16,19,22,25-44H2,1-5H3/p+1/b18-17-,21-20-,24-23-. The molecule has 0 aliphatic heterocycles. The molecule has 0 saturated heterocycles. The summed E-state index contributed by atoms with van der Waals surface area (Å²) in [5.74, 6) is -0.319. The van der Waals surface area contributed by atoms with Crippen molar-refractivity contribution >= 4 is 13.8 Å². The number of ether oxygens (including phenoxy) is 2. The van der Waals surface area contributed by atoms with E-state index in [-0.39, 0.29) is 25.8 Å². The van der Waals surface area contributed by atoms with Gasteiger partial charge in [0, 0.05) is 13.0 Å². The van der Waals surface area contributed by atoms with E-state index in [0.29, 0.717) is 24.1 Å². The molecule has 0 aromatic carbocycles. The maximum Gasteiger partial charge on any atom is 0.472 e. The van der Waals surface area contributed by atoms with Gasteiger partial charge in [-0.3, -0.25) is 13.8 Å². The number of unbranched alkanes of at least 4 members (excludes halogenated alkanes) is 22. The molecule has 0 heterocycles. The Hall–Kier alpha value is -1.28. The van der Waals surface area contributed by atoms with Crippen molar-refractivity contribution in [1.82, 2.24) is 0 Å². The number of quaternary nitrogens is 1. The van der Waals surface area contributed by atoms with Gasteiger partial charge in [-0.15, -0.1) is 0 Å². The highest BCUT2D eigenvalue weighted by molar-refractivity contribution is 7.47. The van der Waals surface area contributed by atoms with Crippen LogP contribution in [0.15, 0.2) is 36.5 Å². The predicted octanol–water partition coefficient (Wildman–Crippen LogP) is 13.4. The van der Waals surface area contributed by atoms with Gasteiger partial charge in [0.2, 0.25) is 0 Å². The van der Waals surface area contributed by atoms with E-state index >= 15 is 0 Å². The van der Waals surface area contributed by atoms with E-state index in [1.54, 1.807) is 0 Å². The number of hydrogen-bond donors (Lipinski definition) is 1. The zero-order chi connectivity index (χ0) is 40.6. The summed E-state index contributed by atoms with van der Waals surface area (Å²) in [5, 5.41) is 0. The highest BCUT2D eigenvalue weighted by Gasteiger charge is 2.26. The van der Waals surface area contributed by atoms with Crippen LogP contribution in [0, 0.1) is 0 Å². The zero-order valence-corrected chi connectivity index (χ0v) is 37.6. The minimum Gasteiger partial charge on any atom is -0.457 e. The Balaban J connectivity index is 4.08. The normalized spacial score (nSPS) is 14.1. The molecule has 0 saturated carbocycles. The molecule has 0 aliphatic rings. The molecular weight excluding hydrogens is 709 g/mol. The van der Waals surface area contributed by atoms with Crippen molar-refractivity contribution in [2.75, 3.05) is 54.1 Å². The third-order valence-corrected chi connectivity index (χ3v) is 10.7. The Labute approximate surface area is 340 Å². The first-order valence-electron chi connectivity index (χ1n) is 22.7. The number of carbonyl (C=O) groups is 1. The van der Waals surface area contributed by atoms with Crippen LogP contribution in [0.4, 0.5) is 0 Å². The fourth-order valence-corrected chi connectivity index (χ4v) is 6.89. The van der Waals surface area contributed by atoms with Crippen LogP contribution in [0.1, 0.15) is 194 Å². The topological polar surface area (TPSA) is 91.3 Å². The number of nitrogens with zero attached hydrogens (tertiary/aromatic N) is 1. The largest absolute Gasteiger partial charge is 0.472 e. The second-order valence-electron chi connectivity index (χ2n) is 16.4. The second-order valence-corrected chi connectivity index (χ2v) is 17.9. The number of likely N-dealkylation sites (N-methyl/N-ethyl adjacent to an activating group) is 1. The molecule has 0 aromatic rings. The second kappa shape index (κ2) is 39.5. The SMILES string of the molecule is CCCCCCC/C=C\C/C=C\C/C=C\CCCCCCCCCCCOCC(COP(=O)(O)OCC[N+](C)(C)C)OC(=O)CCCCCCCCCCC. The molecule has 0 spiro atoms. The van der Waals surface area contributed by atoms with Gasteiger partial charge in [-0.2, -0.15) is 0 Å². The Bertz CT molecular complexity index is 978. The fourth-order valence-electron chi connectivity index (χ4n) is 6.15. The van der Waals surface area contributed by atoms with E-state index < -0.39 is 13.9 Å². The lowest BCUT2D eigenvalue weighted by atomic mass is 10.1. The summed E-state index contributed by atoms with van der Waals surface area (Å²) in [4.78, 5) is 22.8. The Morgan fingerprint density at radius 1 is 0.564 bits per heavy atom. The van der Waals surface area contributed by atoms with Crippen LogP contribution < -0.4 is 0 Å². The van der Waals surface area contributed by atoms with E-state index in [4.69, 9.17) is 18.5 Å². The summed E-state index contributed by atoms with van der Waals surface area (Å²) in [6.45, 7) is 5.59. The van der Waals surface area contributed by atoms with Crippen LogP contribution in [-0.4, -0.2) is 75.6 Å². The number of hydrogen-bond acceptors (Lipinski definition) is 6. The molecule has 324 valence electrons. The van der Waals surface area contributed by atoms with Crippen LogP contribution >= 0.6 is 7.82 Å². The number of phosphoric acid groups is 1. The van der Waals surface area contributed by atoms with Crippen molar-refractivity contribution < 1.29 is 37.3 Å². The molecule has 0 aliphatic carbocycles. The van der Waals surface area contributed by atoms with Crippen molar-refractivity contribution in [3.63, 3.8) is 0 Å². The highest BCUT2D eigenvalue weighted by Crippen LogP contribution is 2.43. The summed E-state index contributed by atoms with van der Waals surface area (Å²) in [7, 11) is 1.66. The Morgan fingerprint density at radius 2 is 1.00 bits per heavy atom. The molecule has 0 radical (unpaired) electrons. The van der Waals surface area contributed by atoms with Crippen molar-refractivity contribution in [3.8, 4) is 0 Å². The van der Waals surface area contributed by atoms with E-state index in [1.807, 2.05) is 21.1 Å². The lowest BCUT2D eigenvalue weighted by Gasteiger charge is -2.24. The third kappa shape index (κ3) is 43.7. The summed E-state index contributed by atoms with van der Waals surface area (Å²) in [6.07, 6.45) is 46.2. The van der Waals surface area contributed by atoms with Crippen molar-refractivity contribution in [3.05, 3.63) is 36.5 Å². The lowest BCUT2D eigenvalue weighted by molar-refractivity contribution is -0.870. The lowest BCUT2D eigenvalue weighted by Crippen LogP contribution is -2.37. The number of rotatable bonds is 42. The van der Waals surface area contributed by atoms with Gasteiger partial charge in [0.05, 0.1) is 34.4 Å². The van der Waals surface area contributed by atoms with Crippen LogP contribution in [-0.2, 0) is 27.9 Å². The molecule has 0 aromatic heterocycles. The van der Waals surface area contributed by atoms with Gasteiger partial charge in [0.1, 0.15) is 19.3 Å². The molecular formula is C46H89NO7P+. The maximum atomic E-state index is 12.6. The Kier molecular flexibility index (Phi) is 38.6. The van der Waals surface area contributed by atoms with Gasteiger partial charge in [-0.1, -0.05) is 172 Å². The Morgan fingerprint density at radius 3 is 1.49 bits per heavy atom. The quantitative estimate of drug-likeness (QED) is 0.0216. The molecule has 0 bridgehead atoms. The number of esters is 1. The van der Waals surface area contributed by atoms with E-state index in [1.165, 1.54) is 128 Å². The summed E-state index contributed by atoms with van der Waals surface area (Å²) in [5.41, 5.74) is 0. The fraction of sp³-hybridized carbons (Fsp3) is 0.848. The van der Waals surface area contributed by atoms with Crippen molar-refractivity contribution in [1.29, 1.82) is 0 Å². The molecule has 1 N–H and O–H groups in total. The monoisotopic (exact) mass is 799 g/mol. The van der Waals surface area contributed by atoms with Crippen LogP contribution in [0.25, 0.3) is 0 Å². The number of phosphoric ester groups is 1. The third-order valence-electron chi connectivity index (χ3n) is 9.70. The molecule has 0 amide bonds.